The van der Waals surface area contributed by atoms with Crippen molar-refractivity contribution in [2.24, 2.45) is 0 Å². The van der Waals surface area contributed by atoms with Gasteiger partial charge in [-0.15, -0.1) is 0 Å². The third-order valence-corrected chi connectivity index (χ3v) is 2.23. The van der Waals surface area contributed by atoms with Crippen LogP contribution in [0.1, 0.15) is 0 Å². The molecule has 0 amide bonds. The highest BCUT2D eigenvalue weighted by Crippen LogP contribution is 2.28. The van der Waals surface area contributed by atoms with Gasteiger partial charge < -0.3 is 4.74 Å². The van der Waals surface area contributed by atoms with E-state index in [1.54, 1.807) is 13.3 Å². The van der Waals surface area contributed by atoms with Gasteiger partial charge in [0.1, 0.15) is 11.3 Å². The topological polar surface area (TPSA) is 22.1 Å². The second-order valence-corrected chi connectivity index (χ2v) is 3.06. The van der Waals surface area contributed by atoms with E-state index in [4.69, 9.17) is 16.3 Å². The van der Waals surface area contributed by atoms with Gasteiger partial charge in [0.15, 0.2) is 0 Å². The smallest absolute Gasteiger partial charge is 0.145 e. The number of halogens is 1. The van der Waals surface area contributed by atoms with Crippen molar-refractivity contribution in [2.75, 3.05) is 7.11 Å². The van der Waals surface area contributed by atoms with Crippen molar-refractivity contribution >= 4 is 22.5 Å². The number of hydrogen-bond donors (Lipinski definition) is 0. The number of nitrogens with zero attached hydrogens (tertiary/aromatic N) is 1. The average Bonchev–Trinajstić information content (AvgIpc) is 2.19. The van der Waals surface area contributed by atoms with Crippen molar-refractivity contribution in [2.45, 2.75) is 0 Å². The Morgan fingerprint density at radius 2 is 2.15 bits per heavy atom. The van der Waals surface area contributed by atoms with E-state index in [0.717, 1.165) is 16.7 Å². The molecule has 0 aliphatic carbocycles. The summed E-state index contributed by atoms with van der Waals surface area (Å²) in [6.07, 6.45) is 1.72. The molecule has 0 unspecified atom stereocenters. The molecule has 0 fully saturated rings. The van der Waals surface area contributed by atoms with Gasteiger partial charge >= 0.3 is 0 Å². The predicted octanol–water partition coefficient (Wildman–Crippen LogP) is 2.90. The van der Waals surface area contributed by atoms with E-state index in [-0.39, 0.29) is 0 Å². The van der Waals surface area contributed by atoms with Crippen LogP contribution >= 0.6 is 11.6 Å². The second-order valence-electron chi connectivity index (χ2n) is 2.65. The summed E-state index contributed by atoms with van der Waals surface area (Å²) in [6, 6.07) is 7.41. The molecule has 1 heterocycles. The molecule has 0 N–H and O–H groups in total. The van der Waals surface area contributed by atoms with Crippen LogP contribution in [0.15, 0.2) is 30.5 Å². The fourth-order valence-corrected chi connectivity index (χ4v) is 1.49. The Kier molecular flexibility index (Phi) is 2.07. The highest BCUT2D eigenvalue weighted by Gasteiger charge is 2.04. The standard InChI is InChI=1S/C10H8ClNO/c1-13-9-5-4-8(11)7-3-2-6-12-10(7)9/h2-6H,1H3. The summed E-state index contributed by atoms with van der Waals surface area (Å²) in [5.41, 5.74) is 0.803. The fraction of sp³-hybridized carbons (Fsp3) is 0.100. The quantitative estimate of drug-likeness (QED) is 0.695. The first-order chi connectivity index (χ1) is 6.33. The van der Waals surface area contributed by atoms with Gasteiger partial charge in [-0.25, -0.2) is 0 Å². The molecule has 0 spiro atoms. The van der Waals surface area contributed by atoms with Gasteiger partial charge in [-0.3, -0.25) is 4.98 Å². The molecular weight excluding hydrogens is 186 g/mol. The predicted molar refractivity (Wildman–Crippen MR) is 53.3 cm³/mol. The van der Waals surface area contributed by atoms with E-state index >= 15 is 0 Å². The van der Waals surface area contributed by atoms with Crippen LogP contribution in [0.25, 0.3) is 10.9 Å². The van der Waals surface area contributed by atoms with Gasteiger partial charge in [-0.05, 0) is 24.3 Å². The van der Waals surface area contributed by atoms with Crippen LogP contribution in [-0.4, -0.2) is 12.1 Å². The van der Waals surface area contributed by atoms with E-state index in [2.05, 4.69) is 4.98 Å². The Bertz CT molecular complexity index is 442. The first-order valence-corrected chi connectivity index (χ1v) is 4.28. The lowest BCUT2D eigenvalue weighted by Crippen LogP contribution is -1.87. The third-order valence-electron chi connectivity index (χ3n) is 1.90. The number of rotatable bonds is 1. The molecule has 0 aliphatic rings. The van der Waals surface area contributed by atoms with Gasteiger partial charge in [0.05, 0.1) is 12.1 Å². The molecule has 1 aromatic carbocycles. The number of pyridine rings is 1. The molecule has 13 heavy (non-hydrogen) atoms. The molecule has 66 valence electrons. The summed E-state index contributed by atoms with van der Waals surface area (Å²) in [4.78, 5) is 4.20. The van der Waals surface area contributed by atoms with Crippen LogP contribution in [0.2, 0.25) is 5.02 Å². The van der Waals surface area contributed by atoms with Crippen LogP contribution < -0.4 is 4.74 Å². The van der Waals surface area contributed by atoms with E-state index in [1.165, 1.54) is 0 Å². The zero-order valence-electron chi connectivity index (χ0n) is 7.12. The minimum absolute atomic E-state index is 0.698. The zero-order chi connectivity index (χ0) is 9.26. The molecule has 2 aromatic rings. The highest BCUT2D eigenvalue weighted by molar-refractivity contribution is 6.35. The maximum atomic E-state index is 5.99. The van der Waals surface area contributed by atoms with E-state index < -0.39 is 0 Å². The fourth-order valence-electron chi connectivity index (χ4n) is 1.28. The molecule has 0 bridgehead atoms. The van der Waals surface area contributed by atoms with Crippen LogP contribution in [0.3, 0.4) is 0 Å². The molecule has 1 aromatic heterocycles. The zero-order valence-corrected chi connectivity index (χ0v) is 7.88. The number of aromatic nitrogens is 1. The van der Waals surface area contributed by atoms with Crippen molar-refractivity contribution in [1.29, 1.82) is 0 Å². The number of fused-ring (bicyclic) bond motifs is 1. The van der Waals surface area contributed by atoms with Crippen LogP contribution in [-0.2, 0) is 0 Å². The molecule has 2 rings (SSSR count). The lowest BCUT2D eigenvalue weighted by atomic mass is 10.2. The summed E-state index contributed by atoms with van der Waals surface area (Å²) in [5.74, 6) is 0.750. The van der Waals surface area contributed by atoms with Crippen molar-refractivity contribution in [3.8, 4) is 5.75 Å². The summed E-state index contributed by atoms with van der Waals surface area (Å²) < 4.78 is 5.16. The van der Waals surface area contributed by atoms with E-state index in [1.807, 2.05) is 24.3 Å². The largest absolute Gasteiger partial charge is 0.494 e. The van der Waals surface area contributed by atoms with Crippen molar-refractivity contribution < 1.29 is 4.74 Å². The normalized spacial score (nSPS) is 10.3. The number of hydrogen-bond acceptors (Lipinski definition) is 2. The van der Waals surface area contributed by atoms with Gasteiger partial charge in [0.25, 0.3) is 0 Å². The highest BCUT2D eigenvalue weighted by atomic mass is 35.5. The Hall–Kier alpha value is -1.28. The van der Waals surface area contributed by atoms with Gasteiger partial charge in [0, 0.05) is 11.6 Å². The van der Waals surface area contributed by atoms with E-state index in [0.29, 0.717) is 5.02 Å². The Morgan fingerprint density at radius 1 is 1.31 bits per heavy atom. The molecule has 0 saturated carbocycles. The summed E-state index contributed by atoms with van der Waals surface area (Å²) in [5, 5.41) is 1.62. The summed E-state index contributed by atoms with van der Waals surface area (Å²) in [6.45, 7) is 0. The Labute approximate surface area is 81.1 Å². The first-order valence-electron chi connectivity index (χ1n) is 3.90. The Morgan fingerprint density at radius 3 is 2.92 bits per heavy atom. The molecule has 0 atom stereocenters. The van der Waals surface area contributed by atoms with Gasteiger partial charge in [-0.1, -0.05) is 11.6 Å². The molecule has 3 heteroatoms. The molecule has 2 nitrogen and oxygen atoms in total. The second kappa shape index (κ2) is 3.23. The monoisotopic (exact) mass is 193 g/mol. The summed E-state index contributed by atoms with van der Waals surface area (Å²) in [7, 11) is 1.62. The summed E-state index contributed by atoms with van der Waals surface area (Å²) >= 11 is 5.99. The van der Waals surface area contributed by atoms with Crippen molar-refractivity contribution in [3.63, 3.8) is 0 Å². The van der Waals surface area contributed by atoms with E-state index in [9.17, 15) is 0 Å². The van der Waals surface area contributed by atoms with Gasteiger partial charge in [-0.2, -0.15) is 0 Å². The molecular formula is C10H8ClNO. The molecule has 0 saturated heterocycles. The lowest BCUT2D eigenvalue weighted by molar-refractivity contribution is 0.419. The minimum Gasteiger partial charge on any atom is -0.494 e. The minimum atomic E-state index is 0.698. The maximum absolute atomic E-state index is 5.99. The number of benzene rings is 1. The Balaban J connectivity index is 2.84. The maximum Gasteiger partial charge on any atom is 0.145 e. The number of methoxy groups -OCH3 is 1. The molecule has 0 aliphatic heterocycles. The average molecular weight is 194 g/mol. The van der Waals surface area contributed by atoms with Gasteiger partial charge in [0.2, 0.25) is 0 Å². The SMILES string of the molecule is COc1ccc(Cl)c2cccnc12. The van der Waals surface area contributed by atoms with Crippen LogP contribution in [0, 0.1) is 0 Å². The molecule has 0 radical (unpaired) electrons. The first kappa shape index (κ1) is 8.32. The van der Waals surface area contributed by atoms with Crippen molar-refractivity contribution in [3.05, 3.63) is 35.5 Å². The third kappa shape index (κ3) is 1.33. The number of ether oxygens (including phenoxy) is 1. The lowest BCUT2D eigenvalue weighted by Gasteiger charge is -2.04. The van der Waals surface area contributed by atoms with Crippen molar-refractivity contribution in [1.82, 2.24) is 4.98 Å². The van der Waals surface area contributed by atoms with Crippen LogP contribution in [0.5, 0.6) is 5.75 Å². The van der Waals surface area contributed by atoms with Crippen LogP contribution in [0.4, 0.5) is 0 Å².